The number of aromatic nitrogens is 1. The van der Waals surface area contributed by atoms with Crippen LogP contribution in [0.25, 0.3) is 10.9 Å². The summed E-state index contributed by atoms with van der Waals surface area (Å²) in [6.45, 7) is 3.06. The molecule has 1 aromatic heterocycles. The summed E-state index contributed by atoms with van der Waals surface area (Å²) >= 11 is 0. The Hall–Kier alpha value is -5.98. The number of nitrogens with zero attached hydrogens (tertiary/aromatic N) is 1. The number of carboxylic acids is 1. The number of pyridine rings is 1. The predicted molar refractivity (Wildman–Crippen MR) is 182 cm³/mol. The molecule has 13 nitrogen and oxygen atoms in total. The summed E-state index contributed by atoms with van der Waals surface area (Å²) in [5.41, 5.74) is 0.571. The number of nitrogens with one attached hydrogen (secondary N) is 4. The van der Waals surface area contributed by atoms with Gasteiger partial charge in [0.05, 0.1) is 5.52 Å². The second-order valence-electron chi connectivity index (χ2n) is 12.0. The Bertz CT molecular complexity index is 1910. The normalized spacial score (nSPS) is 12.2. The largest absolute Gasteiger partial charge is 0.506 e. The molecule has 2 atom stereocenters. The lowest BCUT2D eigenvalue weighted by molar-refractivity contribution is -0.135. The van der Waals surface area contributed by atoms with Gasteiger partial charge in [0.15, 0.2) is 0 Å². The van der Waals surface area contributed by atoms with Crippen molar-refractivity contribution in [2.24, 2.45) is 13.0 Å². The molecule has 0 unspecified atom stereocenters. The maximum absolute atomic E-state index is 13.6. The van der Waals surface area contributed by atoms with Gasteiger partial charge in [0.1, 0.15) is 29.9 Å². The van der Waals surface area contributed by atoms with E-state index in [0.717, 1.165) is 10.1 Å². The van der Waals surface area contributed by atoms with Crippen LogP contribution in [-0.2, 0) is 34.4 Å². The minimum Gasteiger partial charge on any atom is -0.506 e. The lowest BCUT2D eigenvalue weighted by atomic mass is 10.0. The summed E-state index contributed by atoms with van der Waals surface area (Å²) in [6.07, 6.45) is 0.498. The fourth-order valence-electron chi connectivity index (χ4n) is 5.32. The fraction of sp³-hybridized carbons (Fsp3) is 0.278. The SMILES string of the molecule is CC(C)C[C@H](NC(=O)c1ccccc1)C(=O)N[C@@H](Cc1ccccc1)C(=O)NCc1ccc2c(c1)c(O)c(C(=O)NCC(=O)O)c(=O)n2C. The van der Waals surface area contributed by atoms with Crippen molar-refractivity contribution in [3.63, 3.8) is 0 Å². The molecule has 256 valence electrons. The number of carbonyl (C=O) groups excluding carboxylic acids is 4. The van der Waals surface area contributed by atoms with Crippen LogP contribution >= 0.6 is 0 Å². The Labute approximate surface area is 282 Å². The summed E-state index contributed by atoms with van der Waals surface area (Å²) < 4.78 is 1.16. The third-order valence-electron chi connectivity index (χ3n) is 7.81. The Morgan fingerprint density at radius 3 is 2.06 bits per heavy atom. The summed E-state index contributed by atoms with van der Waals surface area (Å²) in [4.78, 5) is 76.5. The standard InChI is InChI=1S/C36H39N5O8/c1-21(2)16-26(39-32(45)24-12-8-5-9-13-24)34(47)40-27(18-22-10-6-4-7-11-22)33(46)37-19-23-14-15-28-25(17-23)31(44)30(36(49)41(28)3)35(48)38-20-29(42)43/h4-15,17,21,26-27,44H,16,18-20H2,1-3H3,(H,37,46)(H,38,48)(H,39,45)(H,40,47)(H,42,43)/t26-,27-/m0/s1. The molecule has 6 N–H and O–H groups in total. The molecule has 4 aromatic rings. The van der Waals surface area contributed by atoms with Crippen molar-refractivity contribution < 1.29 is 34.2 Å². The highest BCUT2D eigenvalue weighted by Crippen LogP contribution is 2.27. The lowest BCUT2D eigenvalue weighted by Crippen LogP contribution is -2.54. The van der Waals surface area contributed by atoms with Crippen LogP contribution in [0.3, 0.4) is 0 Å². The van der Waals surface area contributed by atoms with Gasteiger partial charge in [-0.1, -0.05) is 68.4 Å². The minimum absolute atomic E-state index is 0.0427. The van der Waals surface area contributed by atoms with E-state index >= 15 is 0 Å². The van der Waals surface area contributed by atoms with Gasteiger partial charge < -0.3 is 36.0 Å². The molecule has 49 heavy (non-hydrogen) atoms. The Balaban J connectivity index is 1.56. The summed E-state index contributed by atoms with van der Waals surface area (Å²) in [7, 11) is 1.41. The van der Waals surface area contributed by atoms with Gasteiger partial charge in [0.2, 0.25) is 11.8 Å². The van der Waals surface area contributed by atoms with Crippen LogP contribution in [-0.4, -0.2) is 63.0 Å². The molecule has 0 aliphatic heterocycles. The number of carbonyl (C=O) groups is 5. The average Bonchev–Trinajstić information content (AvgIpc) is 3.08. The highest BCUT2D eigenvalue weighted by molar-refractivity contribution is 6.03. The Kier molecular flexibility index (Phi) is 11.9. The van der Waals surface area contributed by atoms with Gasteiger partial charge in [-0.2, -0.15) is 0 Å². The number of hydrogen-bond acceptors (Lipinski definition) is 7. The molecule has 0 aliphatic carbocycles. The minimum atomic E-state index is -1.32. The van der Waals surface area contributed by atoms with Gasteiger partial charge in [-0.15, -0.1) is 0 Å². The van der Waals surface area contributed by atoms with Crippen molar-refractivity contribution in [2.45, 2.75) is 45.3 Å². The van der Waals surface area contributed by atoms with E-state index in [1.165, 1.54) is 13.1 Å². The molecule has 3 aromatic carbocycles. The van der Waals surface area contributed by atoms with Crippen molar-refractivity contribution in [2.75, 3.05) is 6.54 Å². The maximum atomic E-state index is 13.6. The van der Waals surface area contributed by atoms with Crippen molar-refractivity contribution in [3.8, 4) is 5.75 Å². The third kappa shape index (κ3) is 9.31. The molecule has 1 heterocycles. The number of fused-ring (bicyclic) bond motifs is 1. The summed E-state index contributed by atoms with van der Waals surface area (Å²) in [6, 6.07) is 20.4. The van der Waals surface area contributed by atoms with E-state index in [1.807, 2.05) is 44.2 Å². The van der Waals surface area contributed by atoms with Gasteiger partial charge in [-0.05, 0) is 47.7 Å². The molecule has 0 saturated heterocycles. The van der Waals surface area contributed by atoms with Crippen LogP contribution in [0.15, 0.2) is 83.7 Å². The van der Waals surface area contributed by atoms with Gasteiger partial charge >= 0.3 is 5.97 Å². The first-order valence-corrected chi connectivity index (χ1v) is 15.7. The van der Waals surface area contributed by atoms with E-state index in [4.69, 9.17) is 5.11 Å². The second kappa shape index (κ2) is 16.2. The second-order valence-corrected chi connectivity index (χ2v) is 12.0. The quantitative estimate of drug-likeness (QED) is 0.118. The van der Waals surface area contributed by atoms with Crippen molar-refractivity contribution in [3.05, 3.63) is 111 Å². The molecule has 0 saturated carbocycles. The number of aryl methyl sites for hydroxylation is 1. The molecule has 0 radical (unpaired) electrons. The number of aliphatic carboxylic acids is 1. The first-order chi connectivity index (χ1) is 23.3. The molecule has 0 aliphatic rings. The smallest absolute Gasteiger partial charge is 0.322 e. The number of aromatic hydroxyl groups is 1. The zero-order chi connectivity index (χ0) is 35.7. The van der Waals surface area contributed by atoms with Gasteiger partial charge in [0.25, 0.3) is 17.4 Å². The average molecular weight is 670 g/mol. The zero-order valence-electron chi connectivity index (χ0n) is 27.4. The molecule has 0 fully saturated rings. The van der Waals surface area contributed by atoms with Crippen LogP contribution in [0.5, 0.6) is 5.75 Å². The van der Waals surface area contributed by atoms with Crippen molar-refractivity contribution in [1.29, 1.82) is 0 Å². The van der Waals surface area contributed by atoms with Crippen molar-refractivity contribution in [1.82, 2.24) is 25.8 Å². The third-order valence-corrected chi connectivity index (χ3v) is 7.81. The van der Waals surface area contributed by atoms with Gasteiger partial charge in [0, 0.05) is 31.0 Å². The van der Waals surface area contributed by atoms with Crippen LogP contribution in [0.2, 0.25) is 0 Å². The predicted octanol–water partition coefficient (Wildman–Crippen LogP) is 2.25. The van der Waals surface area contributed by atoms with Crippen molar-refractivity contribution >= 4 is 40.5 Å². The fourth-order valence-corrected chi connectivity index (χ4v) is 5.32. The number of benzene rings is 3. The van der Waals surface area contributed by atoms with E-state index in [-0.39, 0.29) is 24.3 Å². The topological polar surface area (TPSA) is 196 Å². The van der Waals surface area contributed by atoms with E-state index < -0.39 is 65.1 Å². The Morgan fingerprint density at radius 2 is 1.43 bits per heavy atom. The van der Waals surface area contributed by atoms with E-state index in [2.05, 4.69) is 21.3 Å². The Morgan fingerprint density at radius 1 is 0.776 bits per heavy atom. The molecule has 0 spiro atoms. The highest BCUT2D eigenvalue weighted by Gasteiger charge is 2.28. The number of carboxylic acid groups (broad SMARTS) is 1. The lowest BCUT2D eigenvalue weighted by Gasteiger charge is -2.24. The summed E-state index contributed by atoms with van der Waals surface area (Å²) in [5, 5.41) is 30.5. The molecule has 0 bridgehead atoms. The molecule has 13 heteroatoms. The number of hydrogen-bond donors (Lipinski definition) is 6. The number of amides is 4. The maximum Gasteiger partial charge on any atom is 0.322 e. The molecule has 4 amide bonds. The number of rotatable bonds is 14. The zero-order valence-corrected chi connectivity index (χ0v) is 27.4. The van der Waals surface area contributed by atoms with Crippen LogP contribution in [0.4, 0.5) is 0 Å². The van der Waals surface area contributed by atoms with Crippen LogP contribution in [0.1, 0.15) is 52.1 Å². The van der Waals surface area contributed by atoms with E-state index in [9.17, 15) is 33.9 Å². The van der Waals surface area contributed by atoms with Gasteiger partial charge in [-0.25, -0.2) is 0 Å². The van der Waals surface area contributed by atoms with E-state index in [0.29, 0.717) is 23.1 Å². The van der Waals surface area contributed by atoms with Gasteiger partial charge in [-0.3, -0.25) is 28.8 Å². The summed E-state index contributed by atoms with van der Waals surface area (Å²) in [5.74, 6) is -4.37. The molecular weight excluding hydrogens is 630 g/mol. The highest BCUT2D eigenvalue weighted by atomic mass is 16.4. The van der Waals surface area contributed by atoms with Crippen LogP contribution in [0, 0.1) is 5.92 Å². The van der Waals surface area contributed by atoms with E-state index in [1.54, 1.807) is 42.5 Å². The monoisotopic (exact) mass is 669 g/mol. The first-order valence-electron chi connectivity index (χ1n) is 15.7. The molecular formula is C36H39N5O8. The van der Waals surface area contributed by atoms with Crippen LogP contribution < -0.4 is 26.8 Å². The molecule has 4 rings (SSSR count). The first kappa shape index (κ1) is 35.9.